The maximum atomic E-state index is 10.2. The highest BCUT2D eigenvalue weighted by atomic mass is 127. The predicted molar refractivity (Wildman–Crippen MR) is 79.0 cm³/mol. The minimum atomic E-state index is -0.420. The first kappa shape index (κ1) is 12.6. The minimum Gasteiger partial charge on any atom is -0.388 e. The van der Waals surface area contributed by atoms with Gasteiger partial charge >= 0.3 is 0 Å². The third-order valence-corrected chi connectivity index (χ3v) is 3.61. The van der Waals surface area contributed by atoms with Crippen LogP contribution < -0.4 is 0 Å². The van der Waals surface area contributed by atoms with Crippen LogP contribution in [0.2, 0.25) is 0 Å². The van der Waals surface area contributed by atoms with Crippen LogP contribution in [0.1, 0.15) is 22.8 Å². The van der Waals surface area contributed by atoms with Crippen molar-refractivity contribution in [3.63, 3.8) is 0 Å². The van der Waals surface area contributed by atoms with Gasteiger partial charge in [-0.1, -0.05) is 36.4 Å². The Hall–Kier alpha value is -0.870. The van der Waals surface area contributed by atoms with Crippen molar-refractivity contribution in [2.45, 2.75) is 19.4 Å². The van der Waals surface area contributed by atoms with Gasteiger partial charge in [0.2, 0.25) is 0 Å². The highest BCUT2D eigenvalue weighted by Gasteiger charge is 2.10. The zero-order chi connectivity index (χ0) is 12.3. The summed E-state index contributed by atoms with van der Waals surface area (Å²) >= 11 is 2.28. The van der Waals surface area contributed by atoms with Gasteiger partial charge in [0.05, 0.1) is 6.10 Å². The predicted octanol–water partition coefficient (Wildman–Crippen LogP) is 3.88. The largest absolute Gasteiger partial charge is 0.388 e. The van der Waals surface area contributed by atoms with Crippen molar-refractivity contribution < 1.29 is 5.11 Å². The minimum absolute atomic E-state index is 0.420. The number of aryl methyl sites for hydroxylation is 1. The molecule has 0 spiro atoms. The van der Waals surface area contributed by atoms with Gasteiger partial charge in [-0.3, -0.25) is 0 Å². The Morgan fingerprint density at radius 2 is 1.71 bits per heavy atom. The Labute approximate surface area is 116 Å². The van der Waals surface area contributed by atoms with E-state index in [1.165, 1.54) is 9.13 Å². The smallest absolute Gasteiger partial charge is 0.0832 e. The van der Waals surface area contributed by atoms with Gasteiger partial charge in [0.1, 0.15) is 0 Å². The van der Waals surface area contributed by atoms with Gasteiger partial charge in [0, 0.05) is 9.99 Å². The molecule has 88 valence electrons. The summed E-state index contributed by atoms with van der Waals surface area (Å²) in [6, 6.07) is 16.3. The standard InChI is InChI=1S/C15H15IO/c1-11-4-2-3-5-14(11)15(17)10-12-6-8-13(16)9-7-12/h2-9,15,17H,10H2,1H3. The molecule has 0 bridgehead atoms. The molecule has 0 saturated carbocycles. The average molecular weight is 338 g/mol. The van der Waals surface area contributed by atoms with Crippen molar-refractivity contribution in [1.82, 2.24) is 0 Å². The van der Waals surface area contributed by atoms with Crippen molar-refractivity contribution >= 4 is 22.6 Å². The fraction of sp³-hybridized carbons (Fsp3) is 0.200. The molecule has 0 aliphatic rings. The molecule has 2 heteroatoms. The van der Waals surface area contributed by atoms with Gasteiger partial charge < -0.3 is 5.11 Å². The van der Waals surface area contributed by atoms with E-state index in [9.17, 15) is 5.11 Å². The van der Waals surface area contributed by atoms with E-state index in [-0.39, 0.29) is 0 Å². The summed E-state index contributed by atoms with van der Waals surface area (Å²) in [4.78, 5) is 0. The monoisotopic (exact) mass is 338 g/mol. The van der Waals surface area contributed by atoms with Crippen LogP contribution >= 0.6 is 22.6 Å². The molecular formula is C15H15IO. The zero-order valence-corrected chi connectivity index (χ0v) is 11.9. The SMILES string of the molecule is Cc1ccccc1C(O)Cc1ccc(I)cc1. The lowest BCUT2D eigenvalue weighted by molar-refractivity contribution is 0.177. The summed E-state index contributed by atoms with van der Waals surface area (Å²) < 4.78 is 1.22. The number of hydrogen-bond acceptors (Lipinski definition) is 1. The Morgan fingerprint density at radius 1 is 1.06 bits per heavy atom. The molecule has 17 heavy (non-hydrogen) atoms. The van der Waals surface area contributed by atoms with Gasteiger partial charge in [-0.15, -0.1) is 0 Å². The van der Waals surface area contributed by atoms with Gasteiger partial charge in [-0.25, -0.2) is 0 Å². The lowest BCUT2D eigenvalue weighted by atomic mass is 9.98. The topological polar surface area (TPSA) is 20.2 Å². The van der Waals surface area contributed by atoms with Crippen LogP contribution in [0.3, 0.4) is 0 Å². The first-order valence-corrected chi connectivity index (χ1v) is 6.73. The highest BCUT2D eigenvalue weighted by Crippen LogP contribution is 2.21. The van der Waals surface area contributed by atoms with E-state index in [2.05, 4.69) is 46.9 Å². The fourth-order valence-electron chi connectivity index (χ4n) is 1.91. The number of aliphatic hydroxyl groups excluding tert-OH is 1. The number of aliphatic hydroxyl groups is 1. The first-order chi connectivity index (χ1) is 8.16. The molecule has 0 radical (unpaired) electrons. The molecule has 2 rings (SSSR count). The molecule has 2 aromatic rings. The molecule has 0 fully saturated rings. The fourth-order valence-corrected chi connectivity index (χ4v) is 2.27. The lowest BCUT2D eigenvalue weighted by Gasteiger charge is -2.13. The summed E-state index contributed by atoms with van der Waals surface area (Å²) in [5, 5.41) is 10.2. The van der Waals surface area contributed by atoms with Gasteiger partial charge in [-0.05, 0) is 58.3 Å². The number of benzene rings is 2. The highest BCUT2D eigenvalue weighted by molar-refractivity contribution is 14.1. The lowest BCUT2D eigenvalue weighted by Crippen LogP contribution is -2.03. The summed E-state index contributed by atoms with van der Waals surface area (Å²) in [7, 11) is 0. The van der Waals surface area contributed by atoms with Crippen LogP contribution in [0.4, 0.5) is 0 Å². The maximum absolute atomic E-state index is 10.2. The van der Waals surface area contributed by atoms with Gasteiger partial charge in [-0.2, -0.15) is 0 Å². The van der Waals surface area contributed by atoms with Crippen molar-refractivity contribution in [2.24, 2.45) is 0 Å². The molecular weight excluding hydrogens is 323 g/mol. The van der Waals surface area contributed by atoms with Gasteiger partial charge in [0.15, 0.2) is 0 Å². The van der Waals surface area contributed by atoms with E-state index in [0.29, 0.717) is 6.42 Å². The summed E-state index contributed by atoms with van der Waals surface area (Å²) in [5.41, 5.74) is 3.33. The number of hydrogen-bond donors (Lipinski definition) is 1. The summed E-state index contributed by atoms with van der Waals surface area (Å²) in [6.45, 7) is 2.03. The molecule has 1 atom stereocenters. The van der Waals surface area contributed by atoms with Crippen LogP contribution in [0.5, 0.6) is 0 Å². The van der Waals surface area contributed by atoms with E-state index in [1.54, 1.807) is 0 Å². The van der Waals surface area contributed by atoms with Crippen LogP contribution in [-0.4, -0.2) is 5.11 Å². The Kier molecular flexibility index (Phi) is 4.18. The van der Waals surface area contributed by atoms with Gasteiger partial charge in [0.25, 0.3) is 0 Å². The second kappa shape index (κ2) is 5.65. The quantitative estimate of drug-likeness (QED) is 0.843. The Bertz CT molecular complexity index is 491. The number of halogens is 1. The summed E-state index contributed by atoms with van der Waals surface area (Å²) in [6.07, 6.45) is 0.248. The molecule has 1 N–H and O–H groups in total. The van der Waals surface area contributed by atoms with Crippen molar-refractivity contribution in [2.75, 3.05) is 0 Å². The van der Waals surface area contributed by atoms with Crippen LogP contribution in [0.15, 0.2) is 48.5 Å². The second-order valence-corrected chi connectivity index (χ2v) is 5.45. The second-order valence-electron chi connectivity index (χ2n) is 4.20. The molecule has 0 aromatic heterocycles. The van der Waals surface area contributed by atoms with E-state index >= 15 is 0 Å². The zero-order valence-electron chi connectivity index (χ0n) is 9.73. The molecule has 0 saturated heterocycles. The van der Waals surface area contributed by atoms with E-state index < -0.39 is 6.10 Å². The maximum Gasteiger partial charge on any atom is 0.0832 e. The van der Waals surface area contributed by atoms with Crippen molar-refractivity contribution in [3.05, 3.63) is 68.8 Å². The Balaban J connectivity index is 2.14. The normalized spacial score (nSPS) is 12.4. The molecule has 0 aliphatic carbocycles. The Morgan fingerprint density at radius 3 is 2.35 bits per heavy atom. The van der Waals surface area contributed by atoms with Crippen LogP contribution in [0, 0.1) is 10.5 Å². The van der Waals surface area contributed by atoms with Crippen molar-refractivity contribution in [1.29, 1.82) is 0 Å². The van der Waals surface area contributed by atoms with Crippen LogP contribution in [-0.2, 0) is 6.42 Å². The third kappa shape index (κ3) is 3.30. The third-order valence-electron chi connectivity index (χ3n) is 2.89. The molecule has 2 aromatic carbocycles. The average Bonchev–Trinajstić information content (AvgIpc) is 2.32. The van der Waals surface area contributed by atoms with E-state index in [4.69, 9.17) is 0 Å². The molecule has 1 unspecified atom stereocenters. The van der Waals surface area contributed by atoms with E-state index in [0.717, 1.165) is 11.1 Å². The van der Waals surface area contributed by atoms with E-state index in [1.807, 2.05) is 31.2 Å². The molecule has 0 aliphatic heterocycles. The van der Waals surface area contributed by atoms with Crippen molar-refractivity contribution in [3.8, 4) is 0 Å². The summed E-state index contributed by atoms with van der Waals surface area (Å²) in [5.74, 6) is 0. The molecule has 0 heterocycles. The van der Waals surface area contributed by atoms with Crippen LogP contribution in [0.25, 0.3) is 0 Å². The molecule has 1 nitrogen and oxygen atoms in total. The molecule has 0 amide bonds. The number of rotatable bonds is 3. The first-order valence-electron chi connectivity index (χ1n) is 5.65.